The molecule has 2 rings (SSSR count). The Morgan fingerprint density at radius 3 is 2.12 bits per heavy atom. The van der Waals surface area contributed by atoms with Gasteiger partial charge in [0, 0.05) is 4.47 Å². The first-order valence-electron chi connectivity index (χ1n) is 6.62. The van der Waals surface area contributed by atoms with E-state index in [0.29, 0.717) is 10.0 Å². The minimum atomic E-state index is -4.22. The largest absolute Gasteiger partial charge is 0.368 e. The normalized spacial score (nSPS) is 14.2. The van der Waals surface area contributed by atoms with Crippen molar-refractivity contribution in [2.24, 2.45) is 5.73 Å². The van der Waals surface area contributed by atoms with E-state index in [9.17, 15) is 13.2 Å². The van der Waals surface area contributed by atoms with Gasteiger partial charge in [-0.05, 0) is 24.6 Å². The summed E-state index contributed by atoms with van der Waals surface area (Å²) in [6, 6.07) is 11.1. The number of hydrogen-bond acceptors (Lipinski definition) is 3. The van der Waals surface area contributed by atoms with Crippen molar-refractivity contribution in [1.29, 1.82) is 0 Å². The Morgan fingerprint density at radius 2 is 1.67 bits per heavy atom. The van der Waals surface area contributed by atoms with Crippen molar-refractivity contribution in [3.63, 3.8) is 0 Å². The maximum atomic E-state index is 12.8. The Labute approximate surface area is 158 Å². The molecule has 128 valence electrons. The highest BCUT2D eigenvalue weighted by atomic mass is 79.9. The number of primary amides is 1. The van der Waals surface area contributed by atoms with Crippen LogP contribution in [0.5, 0.6) is 0 Å². The highest BCUT2D eigenvalue weighted by molar-refractivity contribution is 9.10. The Kier molecular flexibility index (Phi) is 5.61. The highest BCUT2D eigenvalue weighted by Crippen LogP contribution is 2.34. The zero-order valence-electron chi connectivity index (χ0n) is 12.4. The van der Waals surface area contributed by atoms with Gasteiger partial charge in [-0.2, -0.15) is 4.72 Å². The van der Waals surface area contributed by atoms with Gasteiger partial charge in [0.25, 0.3) is 0 Å². The summed E-state index contributed by atoms with van der Waals surface area (Å²) in [6.45, 7) is 1.38. The number of amides is 1. The minimum absolute atomic E-state index is 0.0817. The molecular formula is C15H13BrCl2N2O3S. The Morgan fingerprint density at radius 1 is 1.17 bits per heavy atom. The van der Waals surface area contributed by atoms with E-state index in [0.717, 1.165) is 0 Å². The van der Waals surface area contributed by atoms with Gasteiger partial charge in [-0.1, -0.05) is 69.5 Å². The number of nitrogens with two attached hydrogens (primary N) is 1. The lowest BCUT2D eigenvalue weighted by molar-refractivity contribution is -0.123. The molecule has 0 aromatic heterocycles. The molecule has 0 bridgehead atoms. The standard InChI is InChI=1S/C15H13BrCl2N2O3S/c1-15(14(19)21,9-5-3-2-4-6-9)20-24(22,23)13-11(17)7-10(16)8-12(13)18/h2-8,20H,1H3,(H2,19,21)/t15-/m1/s1. The van der Waals surface area contributed by atoms with Gasteiger partial charge in [-0.3, -0.25) is 4.79 Å². The van der Waals surface area contributed by atoms with E-state index in [-0.39, 0.29) is 14.9 Å². The van der Waals surface area contributed by atoms with Crippen molar-refractivity contribution in [3.05, 3.63) is 62.5 Å². The predicted molar refractivity (Wildman–Crippen MR) is 97.5 cm³/mol. The molecule has 0 unspecified atom stereocenters. The fourth-order valence-corrected chi connectivity index (χ4v) is 5.44. The molecule has 2 aromatic rings. The van der Waals surface area contributed by atoms with Crippen LogP contribution in [0.2, 0.25) is 10.0 Å². The quantitative estimate of drug-likeness (QED) is 0.729. The molecule has 0 saturated carbocycles. The van der Waals surface area contributed by atoms with Crippen LogP contribution in [0.25, 0.3) is 0 Å². The SMILES string of the molecule is C[C@](NS(=O)(=O)c1c(Cl)cc(Br)cc1Cl)(C(N)=O)c1ccccc1. The molecule has 3 N–H and O–H groups in total. The van der Waals surface area contributed by atoms with Crippen LogP contribution >= 0.6 is 39.1 Å². The number of carbonyl (C=O) groups is 1. The summed E-state index contributed by atoms with van der Waals surface area (Å²) < 4.78 is 28.4. The molecule has 0 heterocycles. The molecule has 0 aliphatic heterocycles. The fraction of sp³-hybridized carbons (Fsp3) is 0.133. The number of halogens is 3. The molecule has 0 radical (unpaired) electrons. The zero-order valence-corrected chi connectivity index (χ0v) is 16.3. The van der Waals surface area contributed by atoms with Crippen molar-refractivity contribution in [1.82, 2.24) is 4.72 Å². The van der Waals surface area contributed by atoms with E-state index in [1.165, 1.54) is 19.1 Å². The maximum absolute atomic E-state index is 12.8. The molecule has 0 saturated heterocycles. The zero-order chi connectivity index (χ0) is 18.1. The van der Waals surface area contributed by atoms with E-state index < -0.39 is 21.5 Å². The first-order valence-corrected chi connectivity index (χ1v) is 9.65. The third-order valence-electron chi connectivity index (χ3n) is 3.41. The second-order valence-electron chi connectivity index (χ2n) is 5.16. The Hall–Kier alpha value is -1.12. The number of carbonyl (C=O) groups excluding carboxylic acids is 1. The lowest BCUT2D eigenvalue weighted by Crippen LogP contribution is -2.52. The number of nitrogens with one attached hydrogen (secondary N) is 1. The van der Waals surface area contributed by atoms with Gasteiger partial charge in [0.05, 0.1) is 10.0 Å². The van der Waals surface area contributed by atoms with Crippen molar-refractivity contribution < 1.29 is 13.2 Å². The summed E-state index contributed by atoms with van der Waals surface area (Å²) in [5.41, 5.74) is 4.18. The van der Waals surface area contributed by atoms with Gasteiger partial charge in [-0.15, -0.1) is 0 Å². The topological polar surface area (TPSA) is 89.3 Å². The molecule has 0 aliphatic rings. The molecular weight excluding hydrogens is 439 g/mol. The van der Waals surface area contributed by atoms with E-state index in [4.69, 9.17) is 28.9 Å². The smallest absolute Gasteiger partial charge is 0.244 e. The second kappa shape index (κ2) is 7.01. The fourth-order valence-electron chi connectivity index (χ4n) is 2.13. The summed E-state index contributed by atoms with van der Waals surface area (Å²) in [6.07, 6.45) is 0. The van der Waals surface area contributed by atoms with Crippen LogP contribution in [0.3, 0.4) is 0 Å². The van der Waals surface area contributed by atoms with Crippen LogP contribution in [-0.2, 0) is 20.4 Å². The third-order valence-corrected chi connectivity index (χ3v) is 6.35. The lowest BCUT2D eigenvalue weighted by atomic mass is 9.93. The van der Waals surface area contributed by atoms with Crippen LogP contribution < -0.4 is 10.5 Å². The summed E-state index contributed by atoms with van der Waals surface area (Å²) in [7, 11) is -4.22. The first kappa shape index (κ1) is 19.2. The summed E-state index contributed by atoms with van der Waals surface area (Å²) in [5.74, 6) is -0.860. The van der Waals surface area contributed by atoms with Gasteiger partial charge in [0.1, 0.15) is 10.4 Å². The number of rotatable bonds is 5. The Bertz CT molecular complexity index is 868. The number of benzene rings is 2. The van der Waals surface area contributed by atoms with E-state index in [1.54, 1.807) is 30.3 Å². The van der Waals surface area contributed by atoms with Crippen molar-refractivity contribution in [2.75, 3.05) is 0 Å². The predicted octanol–water partition coefficient (Wildman–Crippen LogP) is 3.43. The molecule has 1 amide bonds. The lowest BCUT2D eigenvalue weighted by Gasteiger charge is -2.28. The summed E-state index contributed by atoms with van der Waals surface area (Å²) >= 11 is 15.2. The molecule has 0 spiro atoms. The van der Waals surface area contributed by atoms with Gasteiger partial charge in [0.2, 0.25) is 15.9 Å². The molecule has 1 atom stereocenters. The van der Waals surface area contributed by atoms with Crippen molar-refractivity contribution >= 4 is 55.1 Å². The number of sulfonamides is 1. The molecule has 0 fully saturated rings. The average molecular weight is 452 g/mol. The second-order valence-corrected chi connectivity index (χ2v) is 8.51. The van der Waals surface area contributed by atoms with Crippen LogP contribution in [0.15, 0.2) is 51.8 Å². The van der Waals surface area contributed by atoms with Gasteiger partial charge in [-0.25, -0.2) is 8.42 Å². The van der Waals surface area contributed by atoms with Crippen LogP contribution in [0.4, 0.5) is 0 Å². The molecule has 24 heavy (non-hydrogen) atoms. The molecule has 9 heteroatoms. The molecule has 0 aliphatic carbocycles. The van der Waals surface area contributed by atoms with Crippen LogP contribution in [-0.4, -0.2) is 14.3 Å². The van der Waals surface area contributed by atoms with Crippen molar-refractivity contribution in [2.45, 2.75) is 17.4 Å². The van der Waals surface area contributed by atoms with Gasteiger partial charge >= 0.3 is 0 Å². The highest BCUT2D eigenvalue weighted by Gasteiger charge is 2.39. The number of hydrogen-bond donors (Lipinski definition) is 2. The first-order chi connectivity index (χ1) is 11.1. The van der Waals surface area contributed by atoms with Crippen LogP contribution in [0.1, 0.15) is 12.5 Å². The molecule has 2 aromatic carbocycles. The minimum Gasteiger partial charge on any atom is -0.368 e. The van der Waals surface area contributed by atoms with Crippen molar-refractivity contribution in [3.8, 4) is 0 Å². The summed E-state index contributed by atoms with van der Waals surface area (Å²) in [4.78, 5) is 11.7. The Balaban J connectivity index is 2.57. The monoisotopic (exact) mass is 450 g/mol. The van der Waals surface area contributed by atoms with Crippen LogP contribution in [0, 0.1) is 0 Å². The average Bonchev–Trinajstić information content (AvgIpc) is 2.45. The van der Waals surface area contributed by atoms with E-state index >= 15 is 0 Å². The maximum Gasteiger partial charge on any atom is 0.244 e. The van der Waals surface area contributed by atoms with Gasteiger partial charge in [0.15, 0.2) is 0 Å². The van der Waals surface area contributed by atoms with E-state index in [1.807, 2.05) is 0 Å². The third kappa shape index (κ3) is 3.75. The molecule has 5 nitrogen and oxygen atoms in total. The summed E-state index contributed by atoms with van der Waals surface area (Å²) in [5, 5.41) is -0.163. The van der Waals surface area contributed by atoms with Gasteiger partial charge < -0.3 is 5.73 Å². The van der Waals surface area contributed by atoms with E-state index in [2.05, 4.69) is 20.7 Å².